The smallest absolute Gasteiger partial charge is 0.300 e. The van der Waals surface area contributed by atoms with Crippen LogP contribution in [0.4, 0.5) is 11.4 Å². The highest BCUT2D eigenvalue weighted by molar-refractivity contribution is 6.51. The number of anilines is 2. The van der Waals surface area contributed by atoms with Gasteiger partial charge >= 0.3 is 0 Å². The molecule has 186 valence electrons. The number of pyridine rings is 1. The van der Waals surface area contributed by atoms with Crippen molar-refractivity contribution in [2.75, 3.05) is 31.0 Å². The molecule has 0 saturated carbocycles. The summed E-state index contributed by atoms with van der Waals surface area (Å²) in [5.41, 5.74) is 3.30. The maximum absolute atomic E-state index is 13.5. The van der Waals surface area contributed by atoms with Crippen molar-refractivity contribution in [2.24, 2.45) is 0 Å². The molecule has 1 aliphatic rings. The number of aromatic nitrogens is 1. The Bertz CT molecular complexity index is 1320. The minimum absolute atomic E-state index is 0.00671. The molecule has 1 fully saturated rings. The van der Waals surface area contributed by atoms with Gasteiger partial charge in [0.05, 0.1) is 24.3 Å². The molecule has 2 heterocycles. The second-order valence-corrected chi connectivity index (χ2v) is 10.0. The van der Waals surface area contributed by atoms with Gasteiger partial charge in [0, 0.05) is 37.9 Å². The van der Waals surface area contributed by atoms with Gasteiger partial charge in [-0.1, -0.05) is 26.8 Å². The Morgan fingerprint density at radius 3 is 2.19 bits per heavy atom. The Hall–Kier alpha value is -4.13. The molecule has 0 radical (unpaired) electrons. The molecule has 0 spiro atoms. The number of benzene rings is 2. The molecule has 36 heavy (non-hydrogen) atoms. The third kappa shape index (κ3) is 4.44. The number of nitrogens with zero attached hydrogens (tertiary/aromatic N) is 3. The van der Waals surface area contributed by atoms with E-state index in [2.05, 4.69) is 25.8 Å². The quantitative estimate of drug-likeness (QED) is 0.308. The number of hydrogen-bond donors (Lipinski definition) is 1. The lowest BCUT2D eigenvalue weighted by atomic mass is 9.85. The maximum Gasteiger partial charge on any atom is 0.300 e. The zero-order chi connectivity index (χ0) is 26.2. The van der Waals surface area contributed by atoms with Gasteiger partial charge in [-0.2, -0.15) is 0 Å². The van der Waals surface area contributed by atoms with Crippen molar-refractivity contribution in [3.05, 3.63) is 89.3 Å². The van der Waals surface area contributed by atoms with Gasteiger partial charge in [-0.3, -0.25) is 19.5 Å². The van der Waals surface area contributed by atoms with Crippen LogP contribution < -0.4 is 14.5 Å². The molecule has 1 aromatic heterocycles. The number of ether oxygens (including phenoxy) is 1. The standard InChI is InChI=1S/C29H31N3O4/c1-29(2,3)19-7-12-23(36-6)22(17-19)26(33)24-25(18-13-15-30-16-14-18)32(28(35)27(24)34)21-10-8-20(9-11-21)31(4)5/h7-17,25,33H,1-6H3/b26-24+. The molecule has 0 aliphatic carbocycles. The number of amides is 1. The summed E-state index contributed by atoms with van der Waals surface area (Å²) in [4.78, 5) is 34.3. The number of carbonyl (C=O) groups excluding carboxylic acids is 2. The van der Waals surface area contributed by atoms with E-state index >= 15 is 0 Å². The largest absolute Gasteiger partial charge is 0.507 e. The Morgan fingerprint density at radius 2 is 1.64 bits per heavy atom. The van der Waals surface area contributed by atoms with Gasteiger partial charge in [-0.15, -0.1) is 0 Å². The summed E-state index contributed by atoms with van der Waals surface area (Å²) in [5, 5.41) is 11.6. The predicted molar refractivity (Wildman–Crippen MR) is 141 cm³/mol. The summed E-state index contributed by atoms with van der Waals surface area (Å²) in [6, 6.07) is 15.5. The summed E-state index contributed by atoms with van der Waals surface area (Å²) in [5.74, 6) is -1.32. The van der Waals surface area contributed by atoms with Crippen LogP contribution in [0.1, 0.15) is 43.5 Å². The van der Waals surface area contributed by atoms with Crippen LogP contribution in [0.2, 0.25) is 0 Å². The molecule has 7 heteroatoms. The van der Waals surface area contributed by atoms with Crippen molar-refractivity contribution < 1.29 is 19.4 Å². The van der Waals surface area contributed by atoms with Crippen molar-refractivity contribution >= 4 is 28.8 Å². The number of hydrogen-bond acceptors (Lipinski definition) is 6. The molecule has 7 nitrogen and oxygen atoms in total. The number of methoxy groups -OCH3 is 1. The van der Waals surface area contributed by atoms with Crippen molar-refractivity contribution in [1.82, 2.24) is 4.98 Å². The zero-order valence-electron chi connectivity index (χ0n) is 21.4. The van der Waals surface area contributed by atoms with Crippen molar-refractivity contribution in [1.29, 1.82) is 0 Å². The monoisotopic (exact) mass is 485 g/mol. The molecule has 1 saturated heterocycles. The Morgan fingerprint density at radius 1 is 1.00 bits per heavy atom. The highest BCUT2D eigenvalue weighted by Crippen LogP contribution is 2.44. The lowest BCUT2D eigenvalue weighted by molar-refractivity contribution is -0.132. The summed E-state index contributed by atoms with van der Waals surface area (Å²) in [7, 11) is 5.36. The minimum atomic E-state index is -0.832. The molecule has 2 aromatic carbocycles. The van der Waals surface area contributed by atoms with E-state index in [0.717, 1.165) is 11.3 Å². The van der Waals surface area contributed by atoms with E-state index in [9.17, 15) is 14.7 Å². The fourth-order valence-electron chi connectivity index (χ4n) is 4.38. The number of carbonyl (C=O) groups is 2. The van der Waals surface area contributed by atoms with Crippen LogP contribution in [-0.2, 0) is 15.0 Å². The van der Waals surface area contributed by atoms with Gasteiger partial charge in [0.15, 0.2) is 0 Å². The van der Waals surface area contributed by atoms with E-state index in [1.807, 2.05) is 43.3 Å². The van der Waals surface area contributed by atoms with Crippen molar-refractivity contribution in [2.45, 2.75) is 32.2 Å². The van der Waals surface area contributed by atoms with E-state index in [1.54, 1.807) is 42.7 Å². The van der Waals surface area contributed by atoms with Gasteiger partial charge in [-0.05, 0) is 65.1 Å². The fraction of sp³-hybridized carbons (Fsp3) is 0.276. The molecular formula is C29H31N3O4. The van der Waals surface area contributed by atoms with Crippen LogP contribution in [0.25, 0.3) is 5.76 Å². The van der Waals surface area contributed by atoms with E-state index in [1.165, 1.54) is 12.0 Å². The van der Waals surface area contributed by atoms with Crippen LogP contribution in [0.3, 0.4) is 0 Å². The summed E-state index contributed by atoms with van der Waals surface area (Å²) < 4.78 is 5.53. The van der Waals surface area contributed by atoms with E-state index in [-0.39, 0.29) is 16.7 Å². The average molecular weight is 486 g/mol. The van der Waals surface area contributed by atoms with Crippen LogP contribution in [0, 0.1) is 0 Å². The lowest BCUT2D eigenvalue weighted by Gasteiger charge is -2.26. The molecular weight excluding hydrogens is 454 g/mol. The SMILES string of the molecule is COc1ccc(C(C)(C)C)cc1/C(O)=C1\C(=O)C(=O)N(c2ccc(N(C)C)cc2)C1c1ccncc1. The first-order valence-electron chi connectivity index (χ1n) is 11.7. The van der Waals surface area contributed by atoms with Gasteiger partial charge in [0.25, 0.3) is 11.7 Å². The Balaban J connectivity index is 1.95. The number of aliphatic hydroxyl groups is 1. The number of aliphatic hydroxyl groups excluding tert-OH is 1. The van der Waals surface area contributed by atoms with Crippen LogP contribution >= 0.6 is 0 Å². The van der Waals surface area contributed by atoms with E-state index < -0.39 is 17.7 Å². The van der Waals surface area contributed by atoms with Crippen LogP contribution in [0.5, 0.6) is 5.75 Å². The third-order valence-electron chi connectivity index (χ3n) is 6.43. The second kappa shape index (κ2) is 9.49. The first-order chi connectivity index (χ1) is 17.0. The topological polar surface area (TPSA) is 83.0 Å². The molecule has 1 N–H and O–H groups in total. The maximum atomic E-state index is 13.5. The number of rotatable bonds is 5. The van der Waals surface area contributed by atoms with Crippen LogP contribution in [-0.4, -0.2) is 43.0 Å². The van der Waals surface area contributed by atoms with Crippen molar-refractivity contribution in [3.63, 3.8) is 0 Å². The van der Waals surface area contributed by atoms with Gasteiger partial charge < -0.3 is 14.7 Å². The Labute approximate surface area is 211 Å². The highest BCUT2D eigenvalue weighted by Gasteiger charge is 2.47. The highest BCUT2D eigenvalue weighted by atomic mass is 16.5. The zero-order valence-corrected chi connectivity index (χ0v) is 21.4. The molecule has 1 aliphatic heterocycles. The van der Waals surface area contributed by atoms with Gasteiger partial charge in [-0.25, -0.2) is 0 Å². The number of ketones is 1. The summed E-state index contributed by atoms with van der Waals surface area (Å²) in [6.07, 6.45) is 3.21. The van der Waals surface area contributed by atoms with E-state index in [4.69, 9.17) is 4.74 Å². The van der Waals surface area contributed by atoms with Crippen LogP contribution in [0.15, 0.2) is 72.6 Å². The van der Waals surface area contributed by atoms with Gasteiger partial charge in [0.2, 0.25) is 0 Å². The first kappa shape index (κ1) is 25.0. The normalized spacial score (nSPS) is 17.4. The predicted octanol–water partition coefficient (Wildman–Crippen LogP) is 5.08. The first-order valence-corrected chi connectivity index (χ1v) is 11.7. The molecule has 1 unspecified atom stereocenters. The average Bonchev–Trinajstić information content (AvgIpc) is 3.13. The second-order valence-electron chi connectivity index (χ2n) is 10.0. The lowest BCUT2D eigenvalue weighted by Crippen LogP contribution is -2.29. The van der Waals surface area contributed by atoms with E-state index in [0.29, 0.717) is 22.6 Å². The molecule has 4 rings (SSSR count). The molecule has 1 amide bonds. The third-order valence-corrected chi connectivity index (χ3v) is 6.43. The Kier molecular flexibility index (Phi) is 6.59. The molecule has 3 aromatic rings. The van der Waals surface area contributed by atoms with Crippen molar-refractivity contribution in [3.8, 4) is 5.75 Å². The summed E-state index contributed by atoms with van der Waals surface area (Å²) in [6.45, 7) is 6.18. The number of Topliss-reactive ketones (excluding diaryl/α,β-unsaturated/α-hetero) is 1. The summed E-state index contributed by atoms with van der Waals surface area (Å²) >= 11 is 0. The molecule has 0 bridgehead atoms. The van der Waals surface area contributed by atoms with Gasteiger partial charge in [0.1, 0.15) is 11.5 Å². The fourth-order valence-corrected chi connectivity index (χ4v) is 4.38. The molecule has 1 atom stereocenters. The minimum Gasteiger partial charge on any atom is -0.507 e.